The van der Waals surface area contributed by atoms with E-state index in [1.165, 1.54) is 17.8 Å². The lowest BCUT2D eigenvalue weighted by Gasteiger charge is -2.20. The first-order chi connectivity index (χ1) is 13.2. The highest BCUT2D eigenvalue weighted by Crippen LogP contribution is 2.24. The minimum Gasteiger partial charge on any atom is -0.483 e. The Balaban J connectivity index is 2.13. The number of hydrogen-bond donors (Lipinski definition) is 1. The Morgan fingerprint density at radius 1 is 1.32 bits per heavy atom. The molecule has 9 heteroatoms. The molecular weight excluding hydrogens is 383 g/mol. The van der Waals surface area contributed by atoms with E-state index < -0.39 is 5.82 Å². The summed E-state index contributed by atoms with van der Waals surface area (Å²) < 4.78 is 26.5. The van der Waals surface area contributed by atoms with Crippen LogP contribution in [0.3, 0.4) is 0 Å². The van der Waals surface area contributed by atoms with Crippen molar-refractivity contribution in [1.29, 1.82) is 0 Å². The SMILES string of the molecule is COC[C@@H](C)n1c(COc2ccccc2F)nnc1SCC(=O)NC(C)(C)C. The van der Waals surface area contributed by atoms with Crippen LogP contribution in [0.1, 0.15) is 39.6 Å². The van der Waals surface area contributed by atoms with E-state index in [0.29, 0.717) is 17.6 Å². The molecule has 1 atom stereocenters. The number of ether oxygens (including phenoxy) is 2. The molecule has 7 nitrogen and oxygen atoms in total. The topological polar surface area (TPSA) is 78.3 Å². The van der Waals surface area contributed by atoms with E-state index in [1.807, 2.05) is 32.3 Å². The number of aromatic nitrogens is 3. The maximum Gasteiger partial charge on any atom is 0.230 e. The smallest absolute Gasteiger partial charge is 0.230 e. The number of methoxy groups -OCH3 is 1. The molecule has 2 rings (SSSR count). The molecule has 1 aromatic heterocycles. The quantitative estimate of drug-likeness (QED) is 0.640. The fourth-order valence-corrected chi connectivity index (χ4v) is 3.41. The average Bonchev–Trinajstić information content (AvgIpc) is 3.01. The molecule has 0 spiro atoms. The Morgan fingerprint density at radius 3 is 2.68 bits per heavy atom. The molecule has 0 bridgehead atoms. The Labute approximate surface area is 169 Å². The third kappa shape index (κ3) is 6.49. The van der Waals surface area contributed by atoms with Crippen LogP contribution in [0.15, 0.2) is 29.4 Å². The fraction of sp³-hybridized carbons (Fsp3) is 0.526. The normalized spacial score (nSPS) is 12.6. The molecule has 1 N–H and O–H groups in total. The third-order valence-electron chi connectivity index (χ3n) is 3.62. The van der Waals surface area contributed by atoms with E-state index in [0.717, 1.165) is 0 Å². The molecule has 1 aromatic carbocycles. The van der Waals surface area contributed by atoms with Gasteiger partial charge in [-0.2, -0.15) is 0 Å². The number of carbonyl (C=O) groups excluding carboxylic acids is 1. The second-order valence-electron chi connectivity index (χ2n) is 7.38. The zero-order valence-electron chi connectivity index (χ0n) is 16.9. The van der Waals surface area contributed by atoms with Gasteiger partial charge in [-0.15, -0.1) is 10.2 Å². The standard InChI is InChI=1S/C19H27FN4O3S/c1-13(10-26-5)24-16(11-27-15-9-7-6-8-14(15)20)22-23-18(24)28-12-17(25)21-19(2,3)4/h6-9,13H,10-12H2,1-5H3,(H,21,25)/t13-/m1/s1. The number of hydrogen-bond acceptors (Lipinski definition) is 6. The second kappa shape index (κ2) is 9.88. The van der Waals surface area contributed by atoms with Gasteiger partial charge in [-0.1, -0.05) is 23.9 Å². The summed E-state index contributed by atoms with van der Waals surface area (Å²) in [6, 6.07) is 6.12. The molecule has 2 aromatic rings. The van der Waals surface area contributed by atoms with Gasteiger partial charge in [0.15, 0.2) is 22.5 Å². The number of para-hydroxylation sites is 1. The summed E-state index contributed by atoms with van der Waals surface area (Å²) in [6.45, 7) is 8.23. The summed E-state index contributed by atoms with van der Waals surface area (Å²) >= 11 is 1.29. The molecule has 0 saturated heterocycles. The predicted octanol–water partition coefficient (Wildman–Crippen LogP) is 3.21. The molecule has 154 valence electrons. The monoisotopic (exact) mass is 410 g/mol. The molecule has 1 amide bonds. The molecule has 0 aliphatic carbocycles. The third-order valence-corrected chi connectivity index (χ3v) is 4.57. The minimum atomic E-state index is -0.438. The molecule has 28 heavy (non-hydrogen) atoms. The van der Waals surface area contributed by atoms with E-state index in [1.54, 1.807) is 25.3 Å². The summed E-state index contributed by atoms with van der Waals surface area (Å²) in [5, 5.41) is 11.9. The van der Waals surface area contributed by atoms with Crippen LogP contribution in [0.5, 0.6) is 5.75 Å². The summed E-state index contributed by atoms with van der Waals surface area (Å²) in [5.74, 6) is 0.368. The van der Waals surface area contributed by atoms with Gasteiger partial charge in [-0.3, -0.25) is 9.36 Å². The van der Waals surface area contributed by atoms with Crippen LogP contribution < -0.4 is 10.1 Å². The van der Waals surface area contributed by atoms with Crippen LogP contribution in [0.2, 0.25) is 0 Å². The lowest BCUT2D eigenvalue weighted by molar-refractivity contribution is -0.119. The number of carbonyl (C=O) groups is 1. The lowest BCUT2D eigenvalue weighted by atomic mass is 10.1. The number of thioether (sulfide) groups is 1. The van der Waals surface area contributed by atoms with E-state index in [-0.39, 0.29) is 35.6 Å². The molecule has 1 heterocycles. The van der Waals surface area contributed by atoms with Crippen molar-refractivity contribution in [1.82, 2.24) is 20.1 Å². The fourth-order valence-electron chi connectivity index (χ4n) is 2.55. The van der Waals surface area contributed by atoms with Crippen molar-refractivity contribution in [3.63, 3.8) is 0 Å². The van der Waals surface area contributed by atoms with Crippen molar-refractivity contribution in [2.75, 3.05) is 19.5 Å². The van der Waals surface area contributed by atoms with Crippen LogP contribution in [0.25, 0.3) is 0 Å². The average molecular weight is 411 g/mol. The first kappa shape index (κ1) is 22.2. The molecule has 0 aliphatic rings. The predicted molar refractivity (Wildman–Crippen MR) is 106 cm³/mol. The zero-order chi connectivity index (χ0) is 20.7. The molecule has 0 radical (unpaired) electrons. The Kier molecular flexibility index (Phi) is 7.82. The molecule has 0 fully saturated rings. The van der Waals surface area contributed by atoms with Crippen molar-refractivity contribution in [2.45, 2.75) is 51.0 Å². The van der Waals surface area contributed by atoms with Gasteiger partial charge in [0.2, 0.25) is 5.91 Å². The number of benzene rings is 1. The number of amides is 1. The summed E-state index contributed by atoms with van der Waals surface area (Å²) in [6.07, 6.45) is 0. The number of halogens is 1. The van der Waals surface area contributed by atoms with Crippen LogP contribution in [-0.4, -0.2) is 45.7 Å². The van der Waals surface area contributed by atoms with Crippen molar-refractivity contribution >= 4 is 17.7 Å². The van der Waals surface area contributed by atoms with Crippen LogP contribution in [-0.2, 0) is 16.1 Å². The zero-order valence-corrected chi connectivity index (χ0v) is 17.7. The van der Waals surface area contributed by atoms with Gasteiger partial charge in [0.25, 0.3) is 0 Å². The highest BCUT2D eigenvalue weighted by Gasteiger charge is 2.21. The van der Waals surface area contributed by atoms with Gasteiger partial charge < -0.3 is 14.8 Å². The van der Waals surface area contributed by atoms with Crippen LogP contribution in [0.4, 0.5) is 4.39 Å². The molecular formula is C19H27FN4O3S. The number of rotatable bonds is 9. The van der Waals surface area contributed by atoms with Crippen molar-refractivity contribution in [3.05, 3.63) is 35.9 Å². The maximum absolute atomic E-state index is 13.8. The van der Waals surface area contributed by atoms with Gasteiger partial charge >= 0.3 is 0 Å². The van der Waals surface area contributed by atoms with Gasteiger partial charge in [-0.25, -0.2) is 4.39 Å². The van der Waals surface area contributed by atoms with Crippen molar-refractivity contribution in [2.24, 2.45) is 0 Å². The van der Waals surface area contributed by atoms with Crippen LogP contribution in [0, 0.1) is 5.82 Å². The van der Waals surface area contributed by atoms with Crippen molar-refractivity contribution < 1.29 is 18.7 Å². The highest BCUT2D eigenvalue weighted by molar-refractivity contribution is 7.99. The highest BCUT2D eigenvalue weighted by atomic mass is 32.2. The molecule has 0 unspecified atom stereocenters. The van der Waals surface area contributed by atoms with E-state index >= 15 is 0 Å². The van der Waals surface area contributed by atoms with Gasteiger partial charge in [0, 0.05) is 12.6 Å². The first-order valence-corrected chi connectivity index (χ1v) is 9.93. The maximum atomic E-state index is 13.8. The molecule has 0 aliphatic heterocycles. The largest absolute Gasteiger partial charge is 0.483 e. The van der Waals surface area contributed by atoms with Crippen molar-refractivity contribution in [3.8, 4) is 5.75 Å². The Hall–Kier alpha value is -2.13. The van der Waals surface area contributed by atoms with Gasteiger partial charge in [0.1, 0.15) is 6.61 Å². The molecule has 0 saturated carbocycles. The first-order valence-electron chi connectivity index (χ1n) is 8.95. The minimum absolute atomic E-state index is 0.0523. The number of nitrogens with zero attached hydrogens (tertiary/aromatic N) is 3. The van der Waals surface area contributed by atoms with Gasteiger partial charge in [-0.05, 0) is 39.8 Å². The lowest BCUT2D eigenvalue weighted by Crippen LogP contribution is -2.41. The van der Waals surface area contributed by atoms with Crippen LogP contribution >= 0.6 is 11.8 Å². The summed E-state index contributed by atoms with van der Waals surface area (Å²) in [4.78, 5) is 12.1. The summed E-state index contributed by atoms with van der Waals surface area (Å²) in [5.41, 5.74) is -0.298. The van der Waals surface area contributed by atoms with E-state index in [2.05, 4.69) is 15.5 Å². The van der Waals surface area contributed by atoms with E-state index in [9.17, 15) is 9.18 Å². The Morgan fingerprint density at radius 2 is 2.04 bits per heavy atom. The van der Waals surface area contributed by atoms with E-state index in [4.69, 9.17) is 9.47 Å². The Bertz CT molecular complexity index is 792. The second-order valence-corrected chi connectivity index (χ2v) is 8.32. The summed E-state index contributed by atoms with van der Waals surface area (Å²) in [7, 11) is 1.61. The van der Waals surface area contributed by atoms with Gasteiger partial charge in [0.05, 0.1) is 18.4 Å². The number of nitrogens with one attached hydrogen (secondary N) is 1.